The number of halogens is 2. The fourth-order valence-corrected chi connectivity index (χ4v) is 3.71. The third-order valence-corrected chi connectivity index (χ3v) is 5.08. The molecule has 0 radical (unpaired) electrons. The van der Waals surface area contributed by atoms with Crippen LogP contribution in [0, 0.1) is 12.7 Å². The van der Waals surface area contributed by atoms with Crippen LogP contribution >= 0.6 is 15.9 Å². The van der Waals surface area contributed by atoms with Crippen LogP contribution in [0.15, 0.2) is 69.2 Å². The molecule has 0 bridgehead atoms. The third kappa shape index (κ3) is 3.36. The average molecular weight is 457 g/mol. The predicted molar refractivity (Wildman–Crippen MR) is 107 cm³/mol. The zero-order valence-corrected chi connectivity index (χ0v) is 16.7. The number of amides is 1. The van der Waals surface area contributed by atoms with Crippen LogP contribution in [0.1, 0.15) is 22.9 Å². The number of carbonyl (C=O) groups is 2. The van der Waals surface area contributed by atoms with Crippen LogP contribution in [-0.4, -0.2) is 22.0 Å². The molecule has 8 heteroatoms. The summed E-state index contributed by atoms with van der Waals surface area (Å²) < 4.78 is 19.1. The molecule has 1 N–H and O–H groups in total. The summed E-state index contributed by atoms with van der Waals surface area (Å²) in [5, 5.41) is 14.7. The highest BCUT2D eigenvalue weighted by atomic mass is 79.9. The highest BCUT2D eigenvalue weighted by molar-refractivity contribution is 9.10. The monoisotopic (exact) mass is 456 g/mol. The molecular formula is C21H14BrFN2O4. The standard InChI is InChI=1S/C21H14BrFN2O4/c1-11-9-16(24-29-11)25-18(13-3-2-4-14(22)10-13)17(20(27)21(25)28)19(26)12-5-7-15(23)8-6-12/h2-10,18,26H,1H3/b19-17-. The molecule has 0 saturated carbocycles. The SMILES string of the molecule is Cc1cc(N2C(=O)C(=O)/C(=C(\O)c3ccc(F)cc3)C2c2cccc(Br)c2)no1. The van der Waals surface area contributed by atoms with Crippen LogP contribution < -0.4 is 4.90 Å². The fourth-order valence-electron chi connectivity index (χ4n) is 3.29. The quantitative estimate of drug-likeness (QED) is 0.356. The van der Waals surface area contributed by atoms with Crippen LogP contribution in [-0.2, 0) is 9.59 Å². The van der Waals surface area contributed by atoms with Crippen LogP contribution in [0.4, 0.5) is 10.2 Å². The van der Waals surface area contributed by atoms with Gasteiger partial charge in [0.1, 0.15) is 17.3 Å². The lowest BCUT2D eigenvalue weighted by Crippen LogP contribution is -2.29. The number of benzene rings is 2. The average Bonchev–Trinajstić information content (AvgIpc) is 3.23. The predicted octanol–water partition coefficient (Wildman–Crippen LogP) is 4.51. The van der Waals surface area contributed by atoms with E-state index in [0.717, 1.165) is 4.47 Å². The Balaban J connectivity index is 1.95. The smallest absolute Gasteiger partial charge is 0.301 e. The van der Waals surface area contributed by atoms with Gasteiger partial charge in [0.25, 0.3) is 5.78 Å². The zero-order valence-electron chi connectivity index (χ0n) is 15.1. The van der Waals surface area contributed by atoms with Gasteiger partial charge < -0.3 is 9.63 Å². The van der Waals surface area contributed by atoms with E-state index in [0.29, 0.717) is 11.3 Å². The minimum atomic E-state index is -0.929. The first-order valence-corrected chi connectivity index (χ1v) is 9.42. The number of ketones is 1. The number of Topliss-reactive ketones (excluding diaryl/α,β-unsaturated/α-hetero) is 1. The van der Waals surface area contributed by atoms with Crippen molar-refractivity contribution >= 4 is 39.2 Å². The number of anilines is 1. The summed E-state index contributed by atoms with van der Waals surface area (Å²) >= 11 is 3.39. The van der Waals surface area contributed by atoms with E-state index in [2.05, 4.69) is 21.1 Å². The summed E-state index contributed by atoms with van der Waals surface area (Å²) in [6, 6.07) is 12.7. The lowest BCUT2D eigenvalue weighted by atomic mass is 9.95. The molecule has 1 aromatic heterocycles. The molecule has 1 aliphatic rings. The van der Waals surface area contributed by atoms with Gasteiger partial charge in [-0.05, 0) is 48.9 Å². The molecule has 2 heterocycles. The second-order valence-electron chi connectivity index (χ2n) is 6.53. The van der Waals surface area contributed by atoms with E-state index in [1.54, 1.807) is 31.2 Å². The molecule has 1 fully saturated rings. The number of hydrogen-bond acceptors (Lipinski definition) is 5. The lowest BCUT2D eigenvalue weighted by molar-refractivity contribution is -0.132. The third-order valence-electron chi connectivity index (χ3n) is 4.59. The van der Waals surface area contributed by atoms with E-state index in [4.69, 9.17) is 4.52 Å². The molecule has 0 spiro atoms. The summed E-state index contributed by atoms with van der Waals surface area (Å²) in [6.07, 6.45) is 0. The Morgan fingerprint density at radius 1 is 1.17 bits per heavy atom. The first-order valence-electron chi connectivity index (χ1n) is 8.62. The molecule has 1 aliphatic heterocycles. The zero-order chi connectivity index (χ0) is 20.7. The highest BCUT2D eigenvalue weighted by Crippen LogP contribution is 2.42. The van der Waals surface area contributed by atoms with Crippen molar-refractivity contribution in [2.45, 2.75) is 13.0 Å². The maximum absolute atomic E-state index is 13.3. The van der Waals surface area contributed by atoms with Crippen molar-refractivity contribution in [3.8, 4) is 0 Å². The summed E-state index contributed by atoms with van der Waals surface area (Å²) in [7, 11) is 0. The molecule has 1 saturated heterocycles. The molecule has 1 amide bonds. The van der Waals surface area contributed by atoms with Crippen molar-refractivity contribution in [3.05, 3.63) is 87.3 Å². The van der Waals surface area contributed by atoms with Gasteiger partial charge in [0.05, 0.1) is 11.6 Å². The van der Waals surface area contributed by atoms with E-state index in [1.165, 1.54) is 35.2 Å². The van der Waals surface area contributed by atoms with Crippen LogP contribution in [0.3, 0.4) is 0 Å². The summed E-state index contributed by atoms with van der Waals surface area (Å²) in [4.78, 5) is 26.9. The number of rotatable bonds is 3. The summed E-state index contributed by atoms with van der Waals surface area (Å²) in [5.41, 5.74) is 0.698. The minimum absolute atomic E-state index is 0.111. The van der Waals surface area contributed by atoms with Crippen molar-refractivity contribution in [2.75, 3.05) is 4.90 Å². The van der Waals surface area contributed by atoms with Crippen molar-refractivity contribution in [3.63, 3.8) is 0 Å². The van der Waals surface area contributed by atoms with Gasteiger partial charge in [0.15, 0.2) is 5.82 Å². The van der Waals surface area contributed by atoms with Gasteiger partial charge in [-0.2, -0.15) is 0 Å². The largest absolute Gasteiger partial charge is 0.507 e. The highest BCUT2D eigenvalue weighted by Gasteiger charge is 2.48. The lowest BCUT2D eigenvalue weighted by Gasteiger charge is -2.23. The molecule has 29 heavy (non-hydrogen) atoms. The Labute approximate surface area is 173 Å². The van der Waals surface area contributed by atoms with E-state index in [1.807, 2.05) is 0 Å². The number of aliphatic hydroxyl groups excluding tert-OH is 1. The summed E-state index contributed by atoms with van der Waals surface area (Å²) in [5.74, 6) is -1.95. The summed E-state index contributed by atoms with van der Waals surface area (Å²) in [6.45, 7) is 1.67. The normalized spacial score (nSPS) is 18.4. The molecule has 2 aromatic carbocycles. The maximum Gasteiger partial charge on any atom is 0.301 e. The van der Waals surface area contributed by atoms with Crippen molar-refractivity contribution < 1.29 is 23.6 Å². The molecular weight excluding hydrogens is 443 g/mol. The Bertz CT molecular complexity index is 1150. The Hall–Kier alpha value is -3.26. The molecule has 1 unspecified atom stereocenters. The van der Waals surface area contributed by atoms with Crippen molar-refractivity contribution in [2.24, 2.45) is 0 Å². The van der Waals surface area contributed by atoms with Crippen LogP contribution in [0.2, 0.25) is 0 Å². The molecule has 1 atom stereocenters. The number of aromatic nitrogens is 1. The van der Waals surface area contributed by atoms with E-state index in [-0.39, 0.29) is 17.0 Å². The molecule has 3 aromatic rings. The second-order valence-corrected chi connectivity index (χ2v) is 7.44. The number of aryl methyl sites for hydroxylation is 1. The van der Waals surface area contributed by atoms with E-state index in [9.17, 15) is 19.1 Å². The maximum atomic E-state index is 13.3. The fraction of sp³-hybridized carbons (Fsp3) is 0.0952. The van der Waals surface area contributed by atoms with E-state index >= 15 is 0 Å². The van der Waals surface area contributed by atoms with Gasteiger partial charge in [-0.1, -0.05) is 33.2 Å². The topological polar surface area (TPSA) is 83.6 Å². The number of nitrogens with zero attached hydrogens (tertiary/aromatic N) is 2. The Morgan fingerprint density at radius 3 is 2.52 bits per heavy atom. The van der Waals surface area contributed by atoms with Gasteiger partial charge in [0, 0.05) is 16.1 Å². The van der Waals surface area contributed by atoms with Gasteiger partial charge in [0.2, 0.25) is 0 Å². The number of hydrogen-bond donors (Lipinski definition) is 1. The van der Waals surface area contributed by atoms with Crippen molar-refractivity contribution in [1.82, 2.24) is 5.16 Å². The van der Waals surface area contributed by atoms with Gasteiger partial charge in [-0.25, -0.2) is 4.39 Å². The molecule has 0 aliphatic carbocycles. The second kappa shape index (κ2) is 7.29. The Morgan fingerprint density at radius 2 is 1.90 bits per heavy atom. The van der Waals surface area contributed by atoms with Gasteiger partial charge >= 0.3 is 5.91 Å². The molecule has 146 valence electrons. The first-order chi connectivity index (χ1) is 13.9. The van der Waals surface area contributed by atoms with Crippen LogP contribution in [0.5, 0.6) is 0 Å². The van der Waals surface area contributed by atoms with Crippen LogP contribution in [0.25, 0.3) is 5.76 Å². The van der Waals surface area contributed by atoms with Gasteiger partial charge in [-0.3, -0.25) is 14.5 Å². The minimum Gasteiger partial charge on any atom is -0.507 e. The molecule has 4 rings (SSSR count). The van der Waals surface area contributed by atoms with Crippen molar-refractivity contribution in [1.29, 1.82) is 0 Å². The Kier molecular flexibility index (Phi) is 4.79. The van der Waals surface area contributed by atoms with E-state index < -0.39 is 29.3 Å². The molecule has 6 nitrogen and oxygen atoms in total. The van der Waals surface area contributed by atoms with Gasteiger partial charge in [-0.15, -0.1) is 0 Å². The first kappa shape index (κ1) is 19.1. The number of aliphatic hydroxyl groups is 1. The number of carbonyl (C=O) groups excluding carboxylic acids is 2.